The van der Waals surface area contributed by atoms with Crippen molar-refractivity contribution in [1.82, 2.24) is 20.2 Å². The van der Waals surface area contributed by atoms with Crippen molar-refractivity contribution in [1.29, 1.82) is 0 Å². The number of methoxy groups -OCH3 is 2. The van der Waals surface area contributed by atoms with Crippen LogP contribution in [0.2, 0.25) is 0 Å². The SMILES string of the molecule is CCCCOCCOCCOCCCNC(=O)CN(C)C(=O)CCC(=O)Nc1cc(-c2ccc(OC)cc2)nc(-c2ccc(OC)cc2)n1. The van der Waals surface area contributed by atoms with E-state index in [2.05, 4.69) is 22.5 Å². The van der Waals surface area contributed by atoms with E-state index in [1.165, 1.54) is 11.9 Å². The molecule has 3 amide bonds. The lowest BCUT2D eigenvalue weighted by Gasteiger charge is -2.17. The van der Waals surface area contributed by atoms with E-state index in [9.17, 15) is 14.4 Å². The molecule has 49 heavy (non-hydrogen) atoms. The van der Waals surface area contributed by atoms with Gasteiger partial charge in [-0.1, -0.05) is 13.3 Å². The molecule has 266 valence electrons. The lowest BCUT2D eigenvalue weighted by atomic mass is 10.1. The molecule has 0 bridgehead atoms. The third-order valence-corrected chi connectivity index (χ3v) is 7.27. The molecule has 0 unspecified atom stereocenters. The zero-order valence-electron chi connectivity index (χ0n) is 29.0. The highest BCUT2D eigenvalue weighted by Gasteiger charge is 2.16. The largest absolute Gasteiger partial charge is 0.497 e. The summed E-state index contributed by atoms with van der Waals surface area (Å²) < 4.78 is 26.9. The summed E-state index contributed by atoms with van der Waals surface area (Å²) in [5.74, 6) is 1.09. The second-order valence-corrected chi connectivity index (χ2v) is 11.1. The van der Waals surface area contributed by atoms with E-state index in [0.717, 1.165) is 30.6 Å². The molecule has 1 aromatic heterocycles. The van der Waals surface area contributed by atoms with Crippen LogP contribution in [0, 0.1) is 0 Å². The van der Waals surface area contributed by atoms with Crippen LogP contribution in [0.15, 0.2) is 54.6 Å². The molecule has 3 rings (SSSR count). The number of carbonyl (C=O) groups is 3. The first-order valence-corrected chi connectivity index (χ1v) is 16.5. The molecular formula is C36H49N5O8. The minimum atomic E-state index is -0.392. The summed E-state index contributed by atoms with van der Waals surface area (Å²) in [5.41, 5.74) is 2.14. The number of hydrogen-bond donors (Lipinski definition) is 2. The first kappa shape index (κ1) is 38.9. The van der Waals surface area contributed by atoms with Gasteiger partial charge in [0.05, 0.1) is 52.9 Å². The van der Waals surface area contributed by atoms with E-state index in [0.29, 0.717) is 74.8 Å². The fourth-order valence-electron chi connectivity index (χ4n) is 4.46. The first-order valence-electron chi connectivity index (χ1n) is 16.5. The number of amides is 3. The van der Waals surface area contributed by atoms with E-state index in [4.69, 9.17) is 28.7 Å². The number of ether oxygens (including phenoxy) is 5. The van der Waals surface area contributed by atoms with Gasteiger partial charge in [-0.3, -0.25) is 14.4 Å². The smallest absolute Gasteiger partial charge is 0.239 e. The van der Waals surface area contributed by atoms with Crippen molar-refractivity contribution in [2.24, 2.45) is 0 Å². The normalized spacial score (nSPS) is 10.8. The summed E-state index contributed by atoms with van der Waals surface area (Å²) in [6, 6.07) is 16.3. The van der Waals surface area contributed by atoms with Crippen LogP contribution < -0.4 is 20.1 Å². The van der Waals surface area contributed by atoms with Crippen molar-refractivity contribution in [3.8, 4) is 34.1 Å². The monoisotopic (exact) mass is 679 g/mol. The van der Waals surface area contributed by atoms with Crippen molar-refractivity contribution in [3.63, 3.8) is 0 Å². The van der Waals surface area contributed by atoms with Gasteiger partial charge >= 0.3 is 0 Å². The fraction of sp³-hybridized carbons (Fsp3) is 0.472. The van der Waals surface area contributed by atoms with Gasteiger partial charge in [-0.25, -0.2) is 9.97 Å². The van der Waals surface area contributed by atoms with Gasteiger partial charge in [0.2, 0.25) is 17.7 Å². The van der Waals surface area contributed by atoms with Gasteiger partial charge in [0, 0.05) is 56.8 Å². The van der Waals surface area contributed by atoms with Gasteiger partial charge in [0.15, 0.2) is 5.82 Å². The standard InChI is InChI=1S/C36H49N5O8/c1-5-6-19-47-21-23-49-24-22-48-20-7-18-37-34(43)26-41(2)35(44)17-16-33(42)39-32-25-31(27-8-12-29(45-3)13-9-27)38-36(40-32)28-10-14-30(46-4)15-11-28/h8-15,25H,5-7,16-24,26H2,1-4H3,(H,37,43)(H,38,39,40,42). The molecular weight excluding hydrogens is 630 g/mol. The van der Waals surface area contributed by atoms with Gasteiger partial charge < -0.3 is 39.2 Å². The Hall–Kier alpha value is -4.59. The van der Waals surface area contributed by atoms with Crippen molar-refractivity contribution in [2.75, 3.05) is 79.3 Å². The lowest BCUT2D eigenvalue weighted by Crippen LogP contribution is -2.39. The molecule has 2 N–H and O–H groups in total. The maximum Gasteiger partial charge on any atom is 0.239 e. The summed E-state index contributed by atoms with van der Waals surface area (Å²) >= 11 is 0. The molecule has 0 spiro atoms. The number of likely N-dealkylation sites (N-methyl/N-ethyl adjacent to an activating group) is 1. The molecule has 13 nitrogen and oxygen atoms in total. The molecule has 0 radical (unpaired) electrons. The predicted molar refractivity (Wildman–Crippen MR) is 187 cm³/mol. The van der Waals surface area contributed by atoms with Gasteiger partial charge in [0.25, 0.3) is 0 Å². The highest BCUT2D eigenvalue weighted by Crippen LogP contribution is 2.27. The Morgan fingerprint density at radius 2 is 1.29 bits per heavy atom. The van der Waals surface area contributed by atoms with Crippen LogP contribution in [0.3, 0.4) is 0 Å². The Balaban J connectivity index is 1.41. The molecule has 0 aliphatic rings. The summed E-state index contributed by atoms with van der Waals surface area (Å²) in [6.45, 7) is 5.76. The van der Waals surface area contributed by atoms with Crippen molar-refractivity contribution < 1.29 is 38.1 Å². The molecule has 3 aromatic rings. The van der Waals surface area contributed by atoms with E-state index in [1.54, 1.807) is 32.4 Å². The minimum absolute atomic E-state index is 0.0713. The Labute approximate surface area is 288 Å². The number of benzene rings is 2. The molecule has 0 fully saturated rings. The summed E-state index contributed by atoms with van der Waals surface area (Å²) in [7, 11) is 4.72. The molecule has 0 aliphatic carbocycles. The Kier molecular flexibility index (Phi) is 17.5. The molecule has 0 saturated carbocycles. The number of nitrogens with one attached hydrogen (secondary N) is 2. The predicted octanol–water partition coefficient (Wildman–Crippen LogP) is 4.36. The maximum atomic E-state index is 12.9. The maximum absolute atomic E-state index is 12.9. The van der Waals surface area contributed by atoms with Crippen LogP contribution in [-0.4, -0.2) is 107 Å². The third-order valence-electron chi connectivity index (χ3n) is 7.27. The lowest BCUT2D eigenvalue weighted by molar-refractivity contribution is -0.135. The van der Waals surface area contributed by atoms with Crippen LogP contribution in [0.5, 0.6) is 11.5 Å². The molecule has 2 aromatic carbocycles. The number of carbonyl (C=O) groups excluding carboxylic acids is 3. The summed E-state index contributed by atoms with van der Waals surface area (Å²) in [4.78, 5) is 48.5. The highest BCUT2D eigenvalue weighted by molar-refractivity contribution is 5.93. The topological polar surface area (TPSA) is 150 Å². The second-order valence-electron chi connectivity index (χ2n) is 11.1. The van der Waals surface area contributed by atoms with Gasteiger partial charge in [-0.2, -0.15) is 0 Å². The van der Waals surface area contributed by atoms with Crippen LogP contribution in [0.1, 0.15) is 39.0 Å². The molecule has 0 atom stereocenters. The van der Waals surface area contributed by atoms with Crippen molar-refractivity contribution >= 4 is 23.5 Å². The number of nitrogens with zero attached hydrogens (tertiary/aromatic N) is 3. The second kappa shape index (κ2) is 22.1. The van der Waals surface area contributed by atoms with Crippen molar-refractivity contribution in [3.05, 3.63) is 54.6 Å². The van der Waals surface area contributed by atoms with Crippen LogP contribution in [0.4, 0.5) is 5.82 Å². The fourth-order valence-corrected chi connectivity index (χ4v) is 4.46. The number of unbranched alkanes of at least 4 members (excludes halogenated alkanes) is 1. The zero-order chi connectivity index (χ0) is 35.3. The number of aromatic nitrogens is 2. The average molecular weight is 680 g/mol. The van der Waals surface area contributed by atoms with Crippen LogP contribution >= 0.6 is 0 Å². The molecule has 13 heteroatoms. The number of hydrogen-bond acceptors (Lipinski definition) is 10. The molecule has 1 heterocycles. The minimum Gasteiger partial charge on any atom is -0.497 e. The average Bonchev–Trinajstić information content (AvgIpc) is 3.12. The van der Waals surface area contributed by atoms with E-state index < -0.39 is 5.91 Å². The quantitative estimate of drug-likeness (QED) is 0.138. The van der Waals surface area contributed by atoms with Crippen molar-refractivity contribution in [2.45, 2.75) is 39.0 Å². The number of anilines is 1. The molecule has 0 aliphatic heterocycles. The van der Waals surface area contributed by atoms with E-state index in [-0.39, 0.29) is 31.2 Å². The third kappa shape index (κ3) is 14.6. The molecule has 0 saturated heterocycles. The van der Waals surface area contributed by atoms with Gasteiger partial charge in [-0.05, 0) is 61.4 Å². The van der Waals surface area contributed by atoms with E-state index >= 15 is 0 Å². The van der Waals surface area contributed by atoms with Gasteiger partial charge in [-0.15, -0.1) is 0 Å². The summed E-state index contributed by atoms with van der Waals surface area (Å²) in [5, 5.41) is 5.58. The Bertz CT molecular complexity index is 1370. The first-order chi connectivity index (χ1) is 23.8. The van der Waals surface area contributed by atoms with Crippen LogP contribution in [-0.2, 0) is 28.6 Å². The van der Waals surface area contributed by atoms with Crippen LogP contribution in [0.25, 0.3) is 22.6 Å². The zero-order valence-corrected chi connectivity index (χ0v) is 29.0. The number of rotatable bonds is 23. The highest BCUT2D eigenvalue weighted by atomic mass is 16.5. The Morgan fingerprint density at radius 3 is 1.88 bits per heavy atom. The van der Waals surface area contributed by atoms with Gasteiger partial charge in [0.1, 0.15) is 17.3 Å². The summed E-state index contributed by atoms with van der Waals surface area (Å²) in [6.07, 6.45) is 2.64. The Morgan fingerprint density at radius 1 is 0.714 bits per heavy atom. The van der Waals surface area contributed by atoms with E-state index in [1.807, 2.05) is 36.4 Å².